The molecule has 0 unspecified atom stereocenters. The summed E-state index contributed by atoms with van der Waals surface area (Å²) in [5.41, 5.74) is 5.11. The maximum Gasteiger partial charge on any atom is 0.192 e. The van der Waals surface area contributed by atoms with Crippen LogP contribution < -0.4 is 5.32 Å². The highest BCUT2D eigenvalue weighted by atomic mass is 16.3. The monoisotopic (exact) mass is 284 g/mol. The fourth-order valence-electron chi connectivity index (χ4n) is 2.53. The first-order valence-electron chi connectivity index (χ1n) is 7.16. The van der Waals surface area contributed by atoms with Gasteiger partial charge in [0.1, 0.15) is 5.52 Å². The van der Waals surface area contributed by atoms with Crippen molar-refractivity contribution in [3.63, 3.8) is 0 Å². The maximum atomic E-state index is 5.49. The molecule has 0 saturated heterocycles. The summed E-state index contributed by atoms with van der Waals surface area (Å²) in [6, 6.07) is 5.97. The van der Waals surface area contributed by atoms with Gasteiger partial charge < -0.3 is 9.73 Å². The number of nitrogens with one attached hydrogen (secondary N) is 1. The average molecular weight is 284 g/mol. The van der Waals surface area contributed by atoms with E-state index in [1.165, 1.54) is 5.56 Å². The quantitative estimate of drug-likeness (QED) is 0.795. The number of benzene rings is 1. The van der Waals surface area contributed by atoms with Crippen LogP contribution in [-0.4, -0.2) is 14.8 Å². The Hall–Kier alpha value is -2.30. The molecule has 0 bridgehead atoms. The van der Waals surface area contributed by atoms with E-state index in [0.717, 1.165) is 29.0 Å². The molecule has 0 atom stereocenters. The SMILES string of the molecule is Cc1nc2cc(NCc3cn(C)nc3C(C)C)ccc2o1. The number of aromatic nitrogens is 3. The van der Waals surface area contributed by atoms with Crippen molar-refractivity contribution in [1.29, 1.82) is 0 Å². The van der Waals surface area contributed by atoms with E-state index in [2.05, 4.69) is 35.4 Å². The van der Waals surface area contributed by atoms with Gasteiger partial charge >= 0.3 is 0 Å². The van der Waals surface area contributed by atoms with Gasteiger partial charge in [-0.1, -0.05) is 13.8 Å². The molecular weight excluding hydrogens is 264 g/mol. The Balaban J connectivity index is 1.79. The van der Waals surface area contributed by atoms with E-state index in [-0.39, 0.29) is 0 Å². The molecule has 3 aromatic rings. The molecule has 2 aromatic heterocycles. The van der Waals surface area contributed by atoms with Crippen molar-refractivity contribution in [2.75, 3.05) is 5.32 Å². The van der Waals surface area contributed by atoms with Gasteiger partial charge in [-0.05, 0) is 24.1 Å². The molecule has 1 N–H and O–H groups in total. The lowest BCUT2D eigenvalue weighted by molar-refractivity contribution is 0.561. The third kappa shape index (κ3) is 2.77. The highest BCUT2D eigenvalue weighted by Gasteiger charge is 2.11. The molecule has 0 saturated carbocycles. The predicted octanol–water partition coefficient (Wildman–Crippen LogP) is 3.61. The van der Waals surface area contributed by atoms with Crippen molar-refractivity contribution in [3.05, 3.63) is 41.5 Å². The lowest BCUT2D eigenvalue weighted by atomic mass is 10.1. The zero-order chi connectivity index (χ0) is 15.0. The van der Waals surface area contributed by atoms with Gasteiger partial charge in [-0.15, -0.1) is 0 Å². The van der Waals surface area contributed by atoms with Gasteiger partial charge in [0.05, 0.1) is 5.69 Å². The molecule has 5 nitrogen and oxygen atoms in total. The molecule has 0 aliphatic carbocycles. The van der Waals surface area contributed by atoms with Crippen LogP contribution in [0.15, 0.2) is 28.8 Å². The Morgan fingerprint density at radius 1 is 1.33 bits per heavy atom. The summed E-state index contributed by atoms with van der Waals surface area (Å²) in [4.78, 5) is 4.36. The molecule has 21 heavy (non-hydrogen) atoms. The summed E-state index contributed by atoms with van der Waals surface area (Å²) in [5.74, 6) is 1.11. The molecule has 0 amide bonds. The molecule has 1 aromatic carbocycles. The van der Waals surface area contributed by atoms with Crippen molar-refractivity contribution < 1.29 is 4.42 Å². The Kier molecular flexibility index (Phi) is 3.41. The van der Waals surface area contributed by atoms with Crippen LogP contribution in [0, 0.1) is 6.92 Å². The van der Waals surface area contributed by atoms with E-state index in [0.29, 0.717) is 11.8 Å². The largest absolute Gasteiger partial charge is 0.441 e. The van der Waals surface area contributed by atoms with Crippen LogP contribution in [0.4, 0.5) is 5.69 Å². The topological polar surface area (TPSA) is 55.9 Å². The van der Waals surface area contributed by atoms with Crippen molar-refractivity contribution in [3.8, 4) is 0 Å². The van der Waals surface area contributed by atoms with E-state index in [1.54, 1.807) is 0 Å². The van der Waals surface area contributed by atoms with E-state index in [9.17, 15) is 0 Å². The minimum absolute atomic E-state index is 0.420. The summed E-state index contributed by atoms with van der Waals surface area (Å²) in [7, 11) is 1.96. The Labute approximate surface area is 124 Å². The summed E-state index contributed by atoms with van der Waals surface area (Å²) in [6.07, 6.45) is 2.07. The molecule has 0 aliphatic rings. The average Bonchev–Trinajstić information content (AvgIpc) is 2.97. The number of hydrogen-bond acceptors (Lipinski definition) is 4. The molecule has 5 heteroatoms. The normalized spacial score (nSPS) is 11.5. The lowest BCUT2D eigenvalue weighted by Crippen LogP contribution is -2.02. The highest BCUT2D eigenvalue weighted by molar-refractivity contribution is 5.77. The second-order valence-electron chi connectivity index (χ2n) is 5.64. The fraction of sp³-hybridized carbons (Fsp3) is 0.375. The van der Waals surface area contributed by atoms with Gasteiger partial charge in [0.2, 0.25) is 0 Å². The number of hydrogen-bond donors (Lipinski definition) is 1. The number of rotatable bonds is 4. The second-order valence-corrected chi connectivity index (χ2v) is 5.64. The highest BCUT2D eigenvalue weighted by Crippen LogP contribution is 2.22. The Bertz CT molecular complexity index is 770. The minimum Gasteiger partial charge on any atom is -0.441 e. The Morgan fingerprint density at radius 2 is 2.14 bits per heavy atom. The van der Waals surface area contributed by atoms with Crippen molar-refractivity contribution in [2.45, 2.75) is 33.2 Å². The summed E-state index contributed by atoms with van der Waals surface area (Å²) in [5, 5.41) is 7.96. The molecule has 2 heterocycles. The summed E-state index contributed by atoms with van der Waals surface area (Å²) in [6.45, 7) is 6.94. The third-order valence-electron chi connectivity index (χ3n) is 3.46. The van der Waals surface area contributed by atoms with Gasteiger partial charge in [-0.3, -0.25) is 4.68 Å². The molecule has 110 valence electrons. The first-order valence-corrected chi connectivity index (χ1v) is 7.16. The maximum absolute atomic E-state index is 5.49. The van der Waals surface area contributed by atoms with Crippen molar-refractivity contribution >= 4 is 16.8 Å². The number of fused-ring (bicyclic) bond motifs is 1. The zero-order valence-corrected chi connectivity index (χ0v) is 12.8. The van der Waals surface area contributed by atoms with Gasteiger partial charge in [-0.2, -0.15) is 5.10 Å². The van der Waals surface area contributed by atoms with Crippen LogP contribution in [0.25, 0.3) is 11.1 Å². The molecule has 0 fully saturated rings. The van der Waals surface area contributed by atoms with Crippen LogP contribution >= 0.6 is 0 Å². The van der Waals surface area contributed by atoms with Crippen molar-refractivity contribution in [1.82, 2.24) is 14.8 Å². The third-order valence-corrected chi connectivity index (χ3v) is 3.46. The van der Waals surface area contributed by atoms with Crippen LogP contribution in [0.5, 0.6) is 0 Å². The van der Waals surface area contributed by atoms with Gasteiger partial charge in [-0.25, -0.2) is 4.98 Å². The van der Waals surface area contributed by atoms with Gasteiger partial charge in [0, 0.05) is 38.0 Å². The van der Waals surface area contributed by atoms with Crippen LogP contribution in [0.1, 0.15) is 36.9 Å². The number of anilines is 1. The first kappa shape index (κ1) is 13.7. The van der Waals surface area contributed by atoms with E-state index in [4.69, 9.17) is 4.42 Å². The van der Waals surface area contributed by atoms with E-state index < -0.39 is 0 Å². The smallest absolute Gasteiger partial charge is 0.192 e. The summed E-state index contributed by atoms with van der Waals surface area (Å²) >= 11 is 0. The minimum atomic E-state index is 0.420. The summed E-state index contributed by atoms with van der Waals surface area (Å²) < 4.78 is 7.36. The van der Waals surface area contributed by atoms with Crippen LogP contribution in [-0.2, 0) is 13.6 Å². The molecule has 3 rings (SSSR count). The second kappa shape index (κ2) is 5.24. The number of nitrogens with zero attached hydrogens (tertiary/aromatic N) is 3. The molecule has 0 radical (unpaired) electrons. The van der Waals surface area contributed by atoms with E-state index >= 15 is 0 Å². The Morgan fingerprint density at radius 3 is 2.90 bits per heavy atom. The molecule has 0 aliphatic heterocycles. The fourth-order valence-corrected chi connectivity index (χ4v) is 2.53. The van der Waals surface area contributed by atoms with E-state index in [1.807, 2.05) is 36.9 Å². The first-order chi connectivity index (χ1) is 10.0. The van der Waals surface area contributed by atoms with Gasteiger partial charge in [0.25, 0.3) is 0 Å². The molecular formula is C16H20N4O. The van der Waals surface area contributed by atoms with Crippen molar-refractivity contribution in [2.24, 2.45) is 7.05 Å². The zero-order valence-electron chi connectivity index (χ0n) is 12.8. The molecule has 0 spiro atoms. The van der Waals surface area contributed by atoms with Gasteiger partial charge in [0.15, 0.2) is 11.5 Å². The number of aryl methyl sites for hydroxylation is 2. The van der Waals surface area contributed by atoms with Crippen LogP contribution in [0.3, 0.4) is 0 Å². The standard InChI is InChI=1S/C16H20N4O/c1-10(2)16-12(9-20(4)19-16)8-17-13-5-6-15-14(7-13)18-11(3)21-15/h5-7,9-10,17H,8H2,1-4H3. The number of oxazole rings is 1. The lowest BCUT2D eigenvalue weighted by Gasteiger charge is -2.08. The predicted molar refractivity (Wildman–Crippen MR) is 83.4 cm³/mol. The van der Waals surface area contributed by atoms with Crippen LogP contribution in [0.2, 0.25) is 0 Å².